The van der Waals surface area contributed by atoms with Crippen molar-refractivity contribution in [1.82, 2.24) is 15.6 Å². The maximum Gasteiger partial charge on any atom is 0.404 e. The SMILES string of the molecule is O=C(O)NC1CC(NC(=O)c2ncc(-c3ccccc3)s2)C1. The van der Waals surface area contributed by atoms with Crippen LogP contribution in [0.3, 0.4) is 0 Å². The Labute approximate surface area is 131 Å². The standard InChI is InChI=1S/C15H15N3O3S/c19-13(17-10-6-11(7-10)18-15(20)21)14-16-8-12(22-14)9-4-2-1-3-5-9/h1-5,8,10-11,18H,6-7H2,(H,17,19)(H,20,21). The molecule has 22 heavy (non-hydrogen) atoms. The van der Waals surface area contributed by atoms with Gasteiger partial charge >= 0.3 is 6.09 Å². The molecule has 1 heterocycles. The van der Waals surface area contributed by atoms with Gasteiger partial charge in [-0.05, 0) is 18.4 Å². The molecule has 1 saturated carbocycles. The summed E-state index contributed by atoms with van der Waals surface area (Å²) in [7, 11) is 0. The lowest BCUT2D eigenvalue weighted by Crippen LogP contribution is -2.53. The molecular formula is C15H15N3O3S. The molecule has 0 atom stereocenters. The van der Waals surface area contributed by atoms with Gasteiger partial charge in [-0.25, -0.2) is 9.78 Å². The predicted molar refractivity (Wildman–Crippen MR) is 83.0 cm³/mol. The van der Waals surface area contributed by atoms with E-state index in [1.165, 1.54) is 11.3 Å². The fourth-order valence-corrected chi connectivity index (χ4v) is 3.21. The van der Waals surface area contributed by atoms with Gasteiger partial charge in [0.05, 0.1) is 4.88 Å². The van der Waals surface area contributed by atoms with E-state index in [-0.39, 0.29) is 18.0 Å². The lowest BCUT2D eigenvalue weighted by atomic mass is 9.87. The number of hydrogen-bond donors (Lipinski definition) is 3. The van der Waals surface area contributed by atoms with Gasteiger partial charge in [-0.1, -0.05) is 30.3 Å². The smallest absolute Gasteiger partial charge is 0.404 e. The summed E-state index contributed by atoms with van der Waals surface area (Å²) in [5.41, 5.74) is 1.04. The third kappa shape index (κ3) is 3.25. The summed E-state index contributed by atoms with van der Waals surface area (Å²) >= 11 is 1.35. The molecule has 0 unspecified atom stereocenters. The molecule has 7 heteroatoms. The van der Waals surface area contributed by atoms with Crippen molar-refractivity contribution < 1.29 is 14.7 Å². The second-order valence-electron chi connectivity index (χ2n) is 5.18. The highest BCUT2D eigenvalue weighted by Crippen LogP contribution is 2.26. The van der Waals surface area contributed by atoms with Crippen molar-refractivity contribution in [3.05, 3.63) is 41.5 Å². The van der Waals surface area contributed by atoms with Gasteiger partial charge in [0.25, 0.3) is 5.91 Å². The van der Waals surface area contributed by atoms with Gasteiger partial charge < -0.3 is 15.7 Å². The summed E-state index contributed by atoms with van der Waals surface area (Å²) in [6.07, 6.45) is 1.91. The Hall–Kier alpha value is -2.41. The number of aromatic nitrogens is 1. The zero-order valence-corrected chi connectivity index (χ0v) is 12.5. The van der Waals surface area contributed by atoms with Crippen LogP contribution in [0.5, 0.6) is 0 Å². The van der Waals surface area contributed by atoms with Gasteiger partial charge in [-0.2, -0.15) is 0 Å². The predicted octanol–water partition coefficient (Wildman–Crippen LogP) is 2.34. The van der Waals surface area contributed by atoms with Gasteiger partial charge in [0.15, 0.2) is 5.01 Å². The average Bonchev–Trinajstić information content (AvgIpc) is 2.95. The van der Waals surface area contributed by atoms with Crippen LogP contribution in [0.1, 0.15) is 22.6 Å². The van der Waals surface area contributed by atoms with Crippen molar-refractivity contribution in [2.24, 2.45) is 0 Å². The van der Waals surface area contributed by atoms with E-state index < -0.39 is 6.09 Å². The fourth-order valence-electron chi connectivity index (χ4n) is 2.39. The number of amides is 2. The molecular weight excluding hydrogens is 302 g/mol. The van der Waals surface area contributed by atoms with Gasteiger partial charge in [0.2, 0.25) is 0 Å². The largest absolute Gasteiger partial charge is 0.465 e. The normalized spacial score (nSPS) is 20.0. The monoisotopic (exact) mass is 317 g/mol. The molecule has 0 saturated heterocycles. The van der Waals surface area contributed by atoms with E-state index >= 15 is 0 Å². The van der Waals surface area contributed by atoms with E-state index in [1.54, 1.807) is 6.20 Å². The van der Waals surface area contributed by atoms with E-state index in [1.807, 2.05) is 30.3 Å². The number of nitrogens with one attached hydrogen (secondary N) is 2. The number of rotatable bonds is 4. The zero-order valence-electron chi connectivity index (χ0n) is 11.7. The Bertz CT molecular complexity index is 680. The Morgan fingerprint density at radius 2 is 1.82 bits per heavy atom. The van der Waals surface area contributed by atoms with Crippen LogP contribution in [0.15, 0.2) is 36.5 Å². The minimum atomic E-state index is -1.03. The van der Waals surface area contributed by atoms with Crippen LogP contribution < -0.4 is 10.6 Å². The third-order valence-electron chi connectivity index (χ3n) is 3.56. The molecule has 0 bridgehead atoms. The van der Waals surface area contributed by atoms with Crippen LogP contribution >= 0.6 is 11.3 Å². The summed E-state index contributed by atoms with van der Waals surface area (Å²) in [4.78, 5) is 27.7. The summed E-state index contributed by atoms with van der Waals surface area (Å²) in [5.74, 6) is -0.203. The number of hydrogen-bond acceptors (Lipinski definition) is 4. The van der Waals surface area contributed by atoms with E-state index in [0.29, 0.717) is 17.8 Å². The lowest BCUT2D eigenvalue weighted by molar-refractivity contribution is 0.0902. The molecule has 1 aliphatic carbocycles. The van der Waals surface area contributed by atoms with Gasteiger partial charge in [0.1, 0.15) is 0 Å². The van der Waals surface area contributed by atoms with Crippen LogP contribution in [0.2, 0.25) is 0 Å². The first-order chi connectivity index (χ1) is 10.6. The summed E-state index contributed by atoms with van der Waals surface area (Å²) in [6, 6.07) is 9.72. The molecule has 1 fully saturated rings. The third-order valence-corrected chi connectivity index (χ3v) is 4.60. The molecule has 3 rings (SSSR count). The highest BCUT2D eigenvalue weighted by molar-refractivity contribution is 7.16. The van der Waals surface area contributed by atoms with Crippen LogP contribution in [0, 0.1) is 0 Å². The molecule has 6 nitrogen and oxygen atoms in total. The molecule has 0 radical (unpaired) electrons. The number of benzene rings is 1. The van der Waals surface area contributed by atoms with Gasteiger partial charge in [0, 0.05) is 18.3 Å². The lowest BCUT2D eigenvalue weighted by Gasteiger charge is -2.35. The van der Waals surface area contributed by atoms with E-state index in [0.717, 1.165) is 10.4 Å². The Morgan fingerprint density at radius 1 is 1.14 bits per heavy atom. The molecule has 1 aromatic heterocycles. The number of carbonyl (C=O) groups is 2. The minimum Gasteiger partial charge on any atom is -0.465 e. The van der Waals surface area contributed by atoms with Crippen molar-refractivity contribution in [3.63, 3.8) is 0 Å². The second kappa shape index (κ2) is 6.15. The summed E-state index contributed by atoms with van der Waals surface area (Å²) < 4.78 is 0. The van der Waals surface area contributed by atoms with Gasteiger partial charge in [-0.15, -0.1) is 11.3 Å². The van der Waals surface area contributed by atoms with Crippen molar-refractivity contribution in [2.45, 2.75) is 24.9 Å². The molecule has 2 aromatic rings. The molecule has 2 amide bonds. The van der Waals surface area contributed by atoms with E-state index in [9.17, 15) is 9.59 Å². The molecule has 0 aliphatic heterocycles. The first-order valence-corrected chi connectivity index (χ1v) is 7.75. The van der Waals surface area contributed by atoms with Crippen LogP contribution in [0.25, 0.3) is 10.4 Å². The van der Waals surface area contributed by atoms with Crippen molar-refractivity contribution in [2.75, 3.05) is 0 Å². The average molecular weight is 317 g/mol. The van der Waals surface area contributed by atoms with Crippen LogP contribution in [-0.4, -0.2) is 34.2 Å². The number of thiazole rings is 1. The minimum absolute atomic E-state index is 0.00780. The maximum atomic E-state index is 12.1. The zero-order chi connectivity index (χ0) is 15.5. The highest BCUT2D eigenvalue weighted by Gasteiger charge is 2.32. The Morgan fingerprint density at radius 3 is 2.50 bits per heavy atom. The van der Waals surface area contributed by atoms with E-state index in [4.69, 9.17) is 5.11 Å². The van der Waals surface area contributed by atoms with E-state index in [2.05, 4.69) is 15.6 Å². The number of carboxylic acid groups (broad SMARTS) is 1. The van der Waals surface area contributed by atoms with Crippen LogP contribution in [-0.2, 0) is 0 Å². The topological polar surface area (TPSA) is 91.3 Å². The van der Waals surface area contributed by atoms with Crippen molar-refractivity contribution in [1.29, 1.82) is 0 Å². The summed E-state index contributed by atoms with van der Waals surface area (Å²) in [5, 5.41) is 14.3. The quantitative estimate of drug-likeness (QED) is 0.807. The molecule has 114 valence electrons. The summed E-state index contributed by atoms with van der Waals surface area (Å²) in [6.45, 7) is 0. The maximum absolute atomic E-state index is 12.1. The van der Waals surface area contributed by atoms with Crippen molar-refractivity contribution in [3.8, 4) is 10.4 Å². The Balaban J connectivity index is 1.56. The molecule has 1 aliphatic rings. The Kier molecular flexibility index (Phi) is 4.06. The number of carbonyl (C=O) groups excluding carboxylic acids is 1. The molecule has 3 N–H and O–H groups in total. The van der Waals surface area contributed by atoms with Crippen molar-refractivity contribution >= 4 is 23.3 Å². The molecule has 1 aromatic carbocycles. The van der Waals surface area contributed by atoms with Gasteiger partial charge in [-0.3, -0.25) is 4.79 Å². The second-order valence-corrected chi connectivity index (χ2v) is 6.21. The highest BCUT2D eigenvalue weighted by atomic mass is 32.1. The number of nitrogens with zero attached hydrogens (tertiary/aromatic N) is 1. The fraction of sp³-hybridized carbons (Fsp3) is 0.267. The van der Waals surface area contributed by atoms with Crippen LogP contribution in [0.4, 0.5) is 4.79 Å². The molecule has 0 spiro atoms. The first-order valence-electron chi connectivity index (χ1n) is 6.93. The first kappa shape index (κ1) is 14.5.